The molecule has 0 rings (SSSR count). The molecular formula is C64H117N2O7P. The summed E-state index contributed by atoms with van der Waals surface area (Å²) in [6.07, 6.45) is 68.7. The molecule has 0 aliphatic rings. The number of ether oxygens (including phenoxy) is 1. The number of quaternary nitrogens is 1. The number of allylic oxidation sites excluding steroid dienone is 11. The predicted molar refractivity (Wildman–Crippen MR) is 316 cm³/mol. The Morgan fingerprint density at radius 2 is 0.838 bits per heavy atom. The molecule has 0 aliphatic heterocycles. The molecule has 0 aliphatic carbocycles. The van der Waals surface area contributed by atoms with Gasteiger partial charge in [-0.2, -0.15) is 0 Å². The van der Waals surface area contributed by atoms with Crippen molar-refractivity contribution in [2.45, 2.75) is 283 Å². The van der Waals surface area contributed by atoms with Crippen LogP contribution in [0.5, 0.6) is 0 Å². The number of likely N-dealkylation sites (N-methyl/N-ethyl adjacent to an activating group) is 1. The summed E-state index contributed by atoms with van der Waals surface area (Å²) in [7, 11) is 1.15. The molecule has 0 bridgehead atoms. The summed E-state index contributed by atoms with van der Waals surface area (Å²) in [4.78, 5) is 39.9. The maximum Gasteiger partial charge on any atom is 0.306 e. The predicted octanol–water partition coefficient (Wildman–Crippen LogP) is 18.2. The van der Waals surface area contributed by atoms with Crippen molar-refractivity contribution in [2.24, 2.45) is 0 Å². The van der Waals surface area contributed by atoms with Crippen molar-refractivity contribution in [2.75, 3.05) is 40.9 Å². The van der Waals surface area contributed by atoms with Crippen LogP contribution >= 0.6 is 7.82 Å². The number of hydrogen-bond donors (Lipinski definition) is 1. The van der Waals surface area contributed by atoms with Gasteiger partial charge in [0.25, 0.3) is 7.82 Å². The molecule has 0 aromatic carbocycles. The topological polar surface area (TPSA) is 114 Å². The van der Waals surface area contributed by atoms with Gasteiger partial charge in [-0.05, 0) is 96.0 Å². The normalized spacial score (nSPS) is 14.2. The van der Waals surface area contributed by atoms with Gasteiger partial charge >= 0.3 is 5.97 Å². The maximum absolute atomic E-state index is 13.5. The summed E-state index contributed by atoms with van der Waals surface area (Å²) in [5.41, 5.74) is 0. The Hall–Kier alpha value is -2.55. The highest BCUT2D eigenvalue weighted by Crippen LogP contribution is 2.38. The van der Waals surface area contributed by atoms with E-state index in [0.717, 1.165) is 70.6 Å². The summed E-state index contributed by atoms with van der Waals surface area (Å²) >= 11 is 0. The number of amides is 1. The highest BCUT2D eigenvalue weighted by atomic mass is 31.2. The fourth-order valence-corrected chi connectivity index (χ4v) is 9.29. The van der Waals surface area contributed by atoms with Crippen molar-refractivity contribution < 1.29 is 37.3 Å². The van der Waals surface area contributed by atoms with Crippen molar-refractivity contribution in [1.29, 1.82) is 0 Å². The third kappa shape index (κ3) is 54.2. The molecule has 0 radical (unpaired) electrons. The fourth-order valence-electron chi connectivity index (χ4n) is 8.57. The summed E-state index contributed by atoms with van der Waals surface area (Å²) in [5.74, 6) is -0.607. The lowest BCUT2D eigenvalue weighted by molar-refractivity contribution is -0.870. The van der Waals surface area contributed by atoms with E-state index in [1.54, 1.807) is 0 Å². The number of esters is 1. The number of carbonyl (C=O) groups is 2. The Bertz CT molecular complexity index is 1500. The van der Waals surface area contributed by atoms with E-state index in [2.05, 4.69) is 86.8 Å². The van der Waals surface area contributed by atoms with Crippen LogP contribution < -0.4 is 10.2 Å². The molecule has 9 nitrogen and oxygen atoms in total. The molecule has 0 saturated heterocycles. The SMILES string of the molecule is CCCCC/C=C\C/C=C\C/C=C\C/C=C\CCCC(=O)NC(COP(=O)([O-])OCC[N+](C)(C)C)C(/C=C/CCCCCCCCCCCC)OC(=O)CCCCCCCCCCC/C=C/CCCCCCCC. The van der Waals surface area contributed by atoms with Crippen LogP contribution in [0.15, 0.2) is 72.9 Å². The van der Waals surface area contributed by atoms with Gasteiger partial charge in [-0.25, -0.2) is 0 Å². The van der Waals surface area contributed by atoms with Gasteiger partial charge in [-0.1, -0.05) is 235 Å². The lowest BCUT2D eigenvalue weighted by Crippen LogP contribution is -2.47. The Morgan fingerprint density at radius 3 is 1.30 bits per heavy atom. The quantitative estimate of drug-likeness (QED) is 0.0212. The molecule has 1 amide bonds. The average Bonchev–Trinajstić information content (AvgIpc) is 3.36. The van der Waals surface area contributed by atoms with Gasteiger partial charge < -0.3 is 28.5 Å². The molecular weight excluding hydrogens is 940 g/mol. The number of carbonyl (C=O) groups excluding carboxylic acids is 2. The highest BCUT2D eigenvalue weighted by molar-refractivity contribution is 7.45. The zero-order valence-electron chi connectivity index (χ0n) is 49.0. The first-order valence-electron chi connectivity index (χ1n) is 30.7. The molecule has 0 fully saturated rings. The maximum atomic E-state index is 13.5. The van der Waals surface area contributed by atoms with E-state index in [1.807, 2.05) is 33.3 Å². The molecule has 10 heteroatoms. The average molecular weight is 1060 g/mol. The van der Waals surface area contributed by atoms with E-state index in [9.17, 15) is 19.0 Å². The smallest absolute Gasteiger partial charge is 0.306 e. The molecule has 3 unspecified atom stereocenters. The fraction of sp³-hybridized carbons (Fsp3) is 0.781. The van der Waals surface area contributed by atoms with Crippen molar-refractivity contribution >= 4 is 19.7 Å². The van der Waals surface area contributed by atoms with E-state index >= 15 is 0 Å². The summed E-state index contributed by atoms with van der Waals surface area (Å²) in [6.45, 7) is 6.77. The van der Waals surface area contributed by atoms with E-state index in [4.69, 9.17) is 13.8 Å². The number of phosphoric acid groups is 1. The standard InChI is InChI=1S/C64H117N2O7P/c1-7-10-13-16-19-22-25-28-30-32-33-35-37-39-42-45-48-51-54-57-64(68)73-62(55-52-49-46-43-40-27-24-21-18-15-12-9-3)61(60-72-74(69,70)71-59-58-66(4,5)6)65-63(67)56-53-50-47-44-41-38-36-34-31-29-26-23-20-17-14-11-8-2/h20,23,28-31,36,38,44,47,52,55,61-62H,7-19,21-22,24-27,32-35,37,39-43,45-46,48-51,53-54,56-60H2,1-6H3,(H-,65,67,69,70)/b23-20-,30-28+,31-29-,38-36-,47-44-,55-52+. The second kappa shape index (κ2) is 53.8. The summed E-state index contributed by atoms with van der Waals surface area (Å²) < 4.78 is 30.3. The summed E-state index contributed by atoms with van der Waals surface area (Å²) in [6, 6.07) is -0.919. The largest absolute Gasteiger partial charge is 0.756 e. The van der Waals surface area contributed by atoms with Crippen molar-refractivity contribution in [3.8, 4) is 0 Å². The Morgan fingerprint density at radius 1 is 0.473 bits per heavy atom. The molecule has 0 aromatic rings. The van der Waals surface area contributed by atoms with Crippen LogP contribution in [0.4, 0.5) is 0 Å². The highest BCUT2D eigenvalue weighted by Gasteiger charge is 2.27. The van der Waals surface area contributed by atoms with E-state index in [0.29, 0.717) is 17.4 Å². The van der Waals surface area contributed by atoms with Gasteiger partial charge in [0.1, 0.15) is 19.3 Å². The minimum atomic E-state index is -4.71. The van der Waals surface area contributed by atoms with Gasteiger partial charge in [0.05, 0.1) is 33.8 Å². The lowest BCUT2D eigenvalue weighted by Gasteiger charge is -2.30. The van der Waals surface area contributed by atoms with Gasteiger partial charge in [0.15, 0.2) is 0 Å². The van der Waals surface area contributed by atoms with Crippen LogP contribution in [0, 0.1) is 0 Å². The molecule has 430 valence electrons. The van der Waals surface area contributed by atoms with Crippen LogP contribution in [0.3, 0.4) is 0 Å². The van der Waals surface area contributed by atoms with Gasteiger partial charge in [0, 0.05) is 12.8 Å². The minimum Gasteiger partial charge on any atom is -0.756 e. The van der Waals surface area contributed by atoms with Crippen LogP contribution in [0.1, 0.15) is 271 Å². The molecule has 0 spiro atoms. The minimum absolute atomic E-state index is 0.0345. The molecule has 0 heterocycles. The number of rotatable bonds is 55. The molecule has 0 saturated carbocycles. The number of phosphoric ester groups is 1. The number of hydrogen-bond acceptors (Lipinski definition) is 7. The Balaban J connectivity index is 5.35. The van der Waals surface area contributed by atoms with Crippen molar-refractivity contribution in [1.82, 2.24) is 5.32 Å². The van der Waals surface area contributed by atoms with Crippen molar-refractivity contribution in [3.63, 3.8) is 0 Å². The van der Waals surface area contributed by atoms with E-state index < -0.39 is 26.6 Å². The second-order valence-electron chi connectivity index (χ2n) is 21.8. The van der Waals surface area contributed by atoms with Gasteiger partial charge in [0.2, 0.25) is 5.91 Å². The molecule has 0 aromatic heterocycles. The molecule has 74 heavy (non-hydrogen) atoms. The number of nitrogens with zero attached hydrogens (tertiary/aromatic N) is 1. The first-order chi connectivity index (χ1) is 35.9. The zero-order valence-corrected chi connectivity index (χ0v) is 49.9. The lowest BCUT2D eigenvalue weighted by atomic mass is 10.0. The van der Waals surface area contributed by atoms with Gasteiger partial charge in [-0.3, -0.25) is 14.2 Å². The number of unbranched alkanes of at least 4 members (excludes halogenated alkanes) is 29. The third-order valence-corrected chi connectivity index (χ3v) is 14.3. The van der Waals surface area contributed by atoms with Crippen LogP contribution in [0.25, 0.3) is 0 Å². The van der Waals surface area contributed by atoms with Crippen molar-refractivity contribution in [3.05, 3.63) is 72.9 Å². The Labute approximate surface area is 457 Å². The summed E-state index contributed by atoms with van der Waals surface area (Å²) in [5, 5.41) is 2.99. The van der Waals surface area contributed by atoms with Crippen LogP contribution in [-0.4, -0.2) is 69.4 Å². The third-order valence-electron chi connectivity index (χ3n) is 13.4. The molecule has 1 N–H and O–H groups in total. The Kier molecular flexibility index (Phi) is 52.0. The van der Waals surface area contributed by atoms with Gasteiger partial charge in [-0.15, -0.1) is 0 Å². The zero-order chi connectivity index (χ0) is 54.3. The monoisotopic (exact) mass is 1060 g/mol. The number of nitrogens with one attached hydrogen (secondary N) is 1. The van der Waals surface area contributed by atoms with Crippen LogP contribution in [-0.2, 0) is 27.9 Å². The second-order valence-corrected chi connectivity index (χ2v) is 23.3. The van der Waals surface area contributed by atoms with E-state index in [-0.39, 0.29) is 31.3 Å². The first kappa shape index (κ1) is 71.5. The van der Waals surface area contributed by atoms with E-state index in [1.165, 1.54) is 161 Å². The first-order valence-corrected chi connectivity index (χ1v) is 32.2. The molecule has 3 atom stereocenters. The van der Waals surface area contributed by atoms with Crippen LogP contribution in [0.2, 0.25) is 0 Å².